The summed E-state index contributed by atoms with van der Waals surface area (Å²) in [7, 11) is 0. The smallest absolute Gasteiger partial charge is 0.218 e. The van der Waals surface area contributed by atoms with E-state index in [0.717, 1.165) is 16.7 Å². The highest BCUT2D eigenvalue weighted by molar-refractivity contribution is 5.88. The summed E-state index contributed by atoms with van der Waals surface area (Å²) in [5, 5.41) is 0. The monoisotopic (exact) mass is 355 g/mol. The number of ether oxygens (including phenoxy) is 2. The molecule has 134 valence electrons. The average Bonchev–Trinajstić information content (AvgIpc) is 3.39. The maximum Gasteiger partial charge on any atom is 0.218 e. The molecular formula is C24H21NO2. The second kappa shape index (κ2) is 6.36. The van der Waals surface area contributed by atoms with E-state index in [4.69, 9.17) is 14.5 Å². The summed E-state index contributed by atoms with van der Waals surface area (Å²) < 4.78 is 12.6. The van der Waals surface area contributed by atoms with Crippen LogP contribution in [0.4, 0.5) is 0 Å². The Kier molecular flexibility index (Phi) is 3.83. The maximum atomic E-state index is 6.34. The second-order valence-corrected chi connectivity index (χ2v) is 7.12. The molecule has 0 unspecified atom stereocenters. The summed E-state index contributed by atoms with van der Waals surface area (Å²) in [5.74, 6) is 0.698. The Morgan fingerprint density at radius 3 is 1.81 bits per heavy atom. The highest BCUT2D eigenvalue weighted by Gasteiger charge is 2.63. The minimum Gasteiger partial charge on any atom is -0.469 e. The minimum absolute atomic E-state index is 0.0605. The van der Waals surface area contributed by atoms with Gasteiger partial charge in [-0.25, -0.2) is 4.99 Å². The van der Waals surface area contributed by atoms with E-state index in [2.05, 4.69) is 43.3 Å². The lowest BCUT2D eigenvalue weighted by atomic mass is 9.88. The normalized spacial score (nSPS) is 25.5. The lowest BCUT2D eigenvalue weighted by Crippen LogP contribution is -2.21. The van der Waals surface area contributed by atoms with Crippen LogP contribution in [-0.2, 0) is 15.1 Å². The van der Waals surface area contributed by atoms with E-state index in [-0.39, 0.29) is 18.2 Å². The highest BCUT2D eigenvalue weighted by Crippen LogP contribution is 2.53. The predicted octanol–water partition coefficient (Wildman–Crippen LogP) is 4.89. The quantitative estimate of drug-likeness (QED) is 0.625. The van der Waals surface area contributed by atoms with E-state index in [9.17, 15) is 0 Å². The number of benzene rings is 3. The standard InChI is InChI=1S/C24H21NO2/c1-17-21(18-11-5-2-6-12-18)26-23(25-17)22-24(27-22,19-13-7-3-8-14-19)20-15-9-4-10-16-20/h2-17,21-22H,1H3/t17-,21-,22+/m0/s1. The van der Waals surface area contributed by atoms with Gasteiger partial charge in [-0.05, 0) is 23.6 Å². The first kappa shape index (κ1) is 16.3. The van der Waals surface area contributed by atoms with Crippen molar-refractivity contribution in [3.63, 3.8) is 0 Å². The number of rotatable bonds is 4. The van der Waals surface area contributed by atoms with Crippen molar-refractivity contribution in [1.29, 1.82) is 0 Å². The molecule has 3 aromatic carbocycles. The van der Waals surface area contributed by atoms with E-state index in [0.29, 0.717) is 5.90 Å². The Morgan fingerprint density at radius 1 is 0.741 bits per heavy atom. The number of hydrogen-bond donors (Lipinski definition) is 0. The van der Waals surface area contributed by atoms with Crippen LogP contribution in [0.3, 0.4) is 0 Å². The van der Waals surface area contributed by atoms with E-state index < -0.39 is 5.60 Å². The van der Waals surface area contributed by atoms with Crippen molar-refractivity contribution in [2.24, 2.45) is 4.99 Å². The van der Waals surface area contributed by atoms with Crippen LogP contribution in [0.5, 0.6) is 0 Å². The van der Waals surface area contributed by atoms with E-state index >= 15 is 0 Å². The molecule has 3 heteroatoms. The van der Waals surface area contributed by atoms with Crippen LogP contribution in [-0.4, -0.2) is 18.0 Å². The van der Waals surface area contributed by atoms with Crippen molar-refractivity contribution >= 4 is 5.90 Å². The maximum absolute atomic E-state index is 6.34. The van der Waals surface area contributed by atoms with Crippen molar-refractivity contribution in [3.8, 4) is 0 Å². The van der Waals surface area contributed by atoms with Gasteiger partial charge >= 0.3 is 0 Å². The molecule has 2 aliphatic heterocycles. The Morgan fingerprint density at radius 2 is 1.26 bits per heavy atom. The second-order valence-electron chi connectivity index (χ2n) is 7.12. The van der Waals surface area contributed by atoms with Gasteiger partial charge in [0, 0.05) is 0 Å². The molecule has 2 heterocycles. The lowest BCUT2D eigenvalue weighted by Gasteiger charge is -2.16. The largest absolute Gasteiger partial charge is 0.469 e. The number of nitrogens with zero attached hydrogens (tertiary/aromatic N) is 1. The van der Waals surface area contributed by atoms with Gasteiger partial charge in [-0.3, -0.25) is 0 Å². The highest BCUT2D eigenvalue weighted by atomic mass is 16.6. The van der Waals surface area contributed by atoms with E-state index in [1.54, 1.807) is 0 Å². The first-order valence-electron chi connectivity index (χ1n) is 9.37. The summed E-state index contributed by atoms with van der Waals surface area (Å²) in [4.78, 5) is 4.82. The third kappa shape index (κ3) is 2.66. The van der Waals surface area contributed by atoms with Gasteiger partial charge < -0.3 is 9.47 Å². The summed E-state index contributed by atoms with van der Waals surface area (Å²) in [6.07, 6.45) is -0.256. The van der Waals surface area contributed by atoms with Crippen LogP contribution in [0.1, 0.15) is 29.7 Å². The molecule has 3 atom stereocenters. The lowest BCUT2D eigenvalue weighted by molar-refractivity contribution is 0.192. The molecule has 0 saturated carbocycles. The minimum atomic E-state index is -0.521. The molecule has 0 aromatic heterocycles. The number of hydrogen-bond acceptors (Lipinski definition) is 3. The average molecular weight is 355 g/mol. The van der Waals surface area contributed by atoms with Crippen molar-refractivity contribution < 1.29 is 9.47 Å². The van der Waals surface area contributed by atoms with Crippen LogP contribution in [0.2, 0.25) is 0 Å². The van der Waals surface area contributed by atoms with Gasteiger partial charge in [0.1, 0.15) is 6.10 Å². The first-order valence-corrected chi connectivity index (χ1v) is 9.37. The zero-order valence-corrected chi connectivity index (χ0v) is 15.2. The van der Waals surface area contributed by atoms with Gasteiger partial charge in [0.25, 0.3) is 0 Å². The molecule has 5 rings (SSSR count). The van der Waals surface area contributed by atoms with Gasteiger partial charge in [-0.15, -0.1) is 0 Å². The Bertz CT molecular complexity index is 914. The molecule has 0 spiro atoms. The summed E-state index contributed by atoms with van der Waals surface area (Å²) in [6.45, 7) is 2.10. The molecule has 0 aliphatic carbocycles. The molecule has 27 heavy (non-hydrogen) atoms. The molecule has 0 N–H and O–H groups in total. The van der Waals surface area contributed by atoms with Gasteiger partial charge in [0.2, 0.25) is 5.90 Å². The molecule has 0 amide bonds. The first-order chi connectivity index (χ1) is 13.3. The Balaban J connectivity index is 1.49. The zero-order valence-electron chi connectivity index (χ0n) is 15.2. The fraction of sp³-hybridized carbons (Fsp3) is 0.208. The summed E-state index contributed by atoms with van der Waals surface area (Å²) in [6, 6.07) is 31.0. The van der Waals surface area contributed by atoms with Gasteiger partial charge in [-0.1, -0.05) is 91.0 Å². The third-order valence-corrected chi connectivity index (χ3v) is 5.39. The SMILES string of the molecule is C[C@@H]1N=C([C@H]2OC2(c2ccccc2)c2ccccc2)O[C@@H]1c1ccccc1. The van der Waals surface area contributed by atoms with E-state index in [1.807, 2.05) is 54.6 Å². The molecule has 2 aliphatic rings. The molecule has 0 radical (unpaired) electrons. The number of aliphatic imine (C=N–C) groups is 1. The van der Waals surface area contributed by atoms with Crippen LogP contribution in [0.15, 0.2) is 96.0 Å². The summed E-state index contributed by atoms with van der Waals surface area (Å²) in [5.41, 5.74) is 2.88. The van der Waals surface area contributed by atoms with Crippen LogP contribution in [0.25, 0.3) is 0 Å². The molecule has 1 saturated heterocycles. The van der Waals surface area contributed by atoms with Crippen LogP contribution in [0, 0.1) is 0 Å². The fourth-order valence-electron chi connectivity index (χ4n) is 4.00. The van der Waals surface area contributed by atoms with Crippen LogP contribution < -0.4 is 0 Å². The molecular weight excluding hydrogens is 334 g/mol. The molecule has 3 aromatic rings. The Labute approximate surface area is 159 Å². The van der Waals surface area contributed by atoms with Crippen LogP contribution >= 0.6 is 0 Å². The van der Waals surface area contributed by atoms with Gasteiger partial charge in [0.05, 0.1) is 6.04 Å². The van der Waals surface area contributed by atoms with Crippen molar-refractivity contribution in [2.45, 2.75) is 30.8 Å². The van der Waals surface area contributed by atoms with E-state index in [1.165, 1.54) is 0 Å². The van der Waals surface area contributed by atoms with Crippen molar-refractivity contribution in [3.05, 3.63) is 108 Å². The molecule has 1 fully saturated rings. The molecule has 0 bridgehead atoms. The molecule has 3 nitrogen and oxygen atoms in total. The topological polar surface area (TPSA) is 34.1 Å². The summed E-state index contributed by atoms with van der Waals surface area (Å²) >= 11 is 0. The predicted molar refractivity (Wildman–Crippen MR) is 106 cm³/mol. The third-order valence-electron chi connectivity index (χ3n) is 5.39. The van der Waals surface area contributed by atoms with Crippen molar-refractivity contribution in [2.75, 3.05) is 0 Å². The fourth-order valence-corrected chi connectivity index (χ4v) is 4.00. The number of epoxide rings is 1. The van der Waals surface area contributed by atoms with Crippen molar-refractivity contribution in [1.82, 2.24) is 0 Å². The zero-order chi connectivity index (χ0) is 18.3. The Hall–Kier alpha value is -2.91. The van der Waals surface area contributed by atoms with Gasteiger partial charge in [0.15, 0.2) is 11.7 Å². The van der Waals surface area contributed by atoms with Gasteiger partial charge in [-0.2, -0.15) is 0 Å².